The van der Waals surface area contributed by atoms with E-state index in [0.717, 1.165) is 19.4 Å². The molecular formula is C18H20N2O. The van der Waals surface area contributed by atoms with Crippen LogP contribution in [0.5, 0.6) is 0 Å². The zero-order valence-corrected chi connectivity index (χ0v) is 12.0. The molecule has 0 fully saturated rings. The van der Waals surface area contributed by atoms with Gasteiger partial charge in [0, 0.05) is 13.1 Å². The normalized spacial score (nSPS) is 17.0. The minimum absolute atomic E-state index is 0.0976. The molecule has 1 aliphatic rings. The van der Waals surface area contributed by atoms with Gasteiger partial charge in [-0.05, 0) is 29.5 Å². The lowest BCUT2D eigenvalue weighted by Crippen LogP contribution is -2.48. The van der Waals surface area contributed by atoms with E-state index >= 15 is 0 Å². The summed E-state index contributed by atoms with van der Waals surface area (Å²) in [5.74, 6) is 0.0976. The summed E-state index contributed by atoms with van der Waals surface area (Å²) in [6.07, 6.45) is 1.64. The maximum absolute atomic E-state index is 12.2. The number of nitrogens with one attached hydrogen (secondary N) is 2. The fraction of sp³-hybridized carbons (Fsp3) is 0.278. The quantitative estimate of drug-likeness (QED) is 0.900. The third-order valence-corrected chi connectivity index (χ3v) is 3.95. The number of carbonyl (C=O) groups is 1. The molecule has 0 radical (unpaired) electrons. The molecule has 0 saturated heterocycles. The number of rotatable bonds is 4. The van der Waals surface area contributed by atoms with E-state index in [1.807, 2.05) is 30.3 Å². The molecule has 0 saturated carbocycles. The highest BCUT2D eigenvalue weighted by Crippen LogP contribution is 2.16. The first kappa shape index (κ1) is 13.8. The first-order chi connectivity index (χ1) is 10.3. The van der Waals surface area contributed by atoms with Crippen molar-refractivity contribution in [3.63, 3.8) is 0 Å². The Hall–Kier alpha value is -2.13. The minimum Gasteiger partial charge on any atom is -0.354 e. The second-order valence-electron chi connectivity index (χ2n) is 5.43. The van der Waals surface area contributed by atoms with Gasteiger partial charge in [0.25, 0.3) is 0 Å². The van der Waals surface area contributed by atoms with Gasteiger partial charge in [0.15, 0.2) is 0 Å². The maximum atomic E-state index is 12.2. The van der Waals surface area contributed by atoms with Crippen molar-refractivity contribution in [1.29, 1.82) is 0 Å². The summed E-state index contributed by atoms with van der Waals surface area (Å²) in [5, 5.41) is 6.34. The lowest BCUT2D eigenvalue weighted by atomic mass is 9.95. The minimum atomic E-state index is -0.115. The zero-order valence-electron chi connectivity index (χ0n) is 12.0. The molecule has 0 bridgehead atoms. The van der Waals surface area contributed by atoms with E-state index in [9.17, 15) is 4.79 Å². The van der Waals surface area contributed by atoms with Crippen molar-refractivity contribution >= 4 is 5.91 Å². The molecule has 21 heavy (non-hydrogen) atoms. The Balaban J connectivity index is 1.50. The van der Waals surface area contributed by atoms with Gasteiger partial charge < -0.3 is 10.6 Å². The van der Waals surface area contributed by atoms with Gasteiger partial charge in [-0.25, -0.2) is 0 Å². The van der Waals surface area contributed by atoms with Crippen molar-refractivity contribution in [3.8, 4) is 0 Å². The molecule has 1 aliphatic heterocycles. The molecule has 1 amide bonds. The van der Waals surface area contributed by atoms with Crippen LogP contribution in [0.3, 0.4) is 0 Å². The predicted molar refractivity (Wildman–Crippen MR) is 83.9 cm³/mol. The van der Waals surface area contributed by atoms with Crippen LogP contribution in [0.25, 0.3) is 0 Å². The van der Waals surface area contributed by atoms with E-state index in [4.69, 9.17) is 0 Å². The van der Waals surface area contributed by atoms with E-state index in [-0.39, 0.29) is 11.9 Å². The number of amides is 1. The second-order valence-corrected chi connectivity index (χ2v) is 5.43. The van der Waals surface area contributed by atoms with Gasteiger partial charge in [0.05, 0.1) is 6.04 Å². The monoisotopic (exact) mass is 280 g/mol. The molecule has 108 valence electrons. The molecule has 1 heterocycles. The molecule has 2 aromatic rings. The summed E-state index contributed by atoms with van der Waals surface area (Å²) in [5.41, 5.74) is 3.82. The van der Waals surface area contributed by atoms with Gasteiger partial charge in [-0.1, -0.05) is 54.6 Å². The van der Waals surface area contributed by atoms with E-state index < -0.39 is 0 Å². The van der Waals surface area contributed by atoms with Crippen molar-refractivity contribution in [2.24, 2.45) is 0 Å². The van der Waals surface area contributed by atoms with Crippen LogP contribution in [-0.2, 0) is 24.2 Å². The van der Waals surface area contributed by atoms with Crippen molar-refractivity contribution in [2.45, 2.75) is 25.4 Å². The van der Waals surface area contributed by atoms with E-state index in [2.05, 4.69) is 34.9 Å². The Morgan fingerprint density at radius 2 is 1.76 bits per heavy atom. The number of hydrogen-bond acceptors (Lipinski definition) is 2. The standard InChI is InChI=1S/C18H20N2O/c21-18(19-11-10-14-6-2-1-3-7-14)17-12-15-8-4-5-9-16(15)13-20-17/h1-9,17,20H,10-13H2,(H,19,21)/t17-/m1/s1. The van der Waals surface area contributed by atoms with Crippen LogP contribution < -0.4 is 10.6 Å². The molecule has 2 N–H and O–H groups in total. The molecule has 3 rings (SSSR count). The first-order valence-corrected chi connectivity index (χ1v) is 7.45. The number of fused-ring (bicyclic) bond motifs is 1. The number of hydrogen-bond donors (Lipinski definition) is 2. The van der Waals surface area contributed by atoms with Gasteiger partial charge in [0.2, 0.25) is 5.91 Å². The van der Waals surface area contributed by atoms with Crippen molar-refractivity contribution in [3.05, 3.63) is 71.3 Å². The summed E-state index contributed by atoms with van der Waals surface area (Å²) >= 11 is 0. The molecule has 3 heteroatoms. The average Bonchev–Trinajstić information content (AvgIpc) is 2.55. The molecule has 0 unspecified atom stereocenters. The third-order valence-electron chi connectivity index (χ3n) is 3.95. The van der Waals surface area contributed by atoms with Gasteiger partial charge >= 0.3 is 0 Å². The van der Waals surface area contributed by atoms with E-state index in [0.29, 0.717) is 6.54 Å². The summed E-state index contributed by atoms with van der Waals surface area (Å²) in [6, 6.07) is 18.4. The highest BCUT2D eigenvalue weighted by molar-refractivity contribution is 5.82. The van der Waals surface area contributed by atoms with E-state index in [1.54, 1.807) is 0 Å². The van der Waals surface area contributed by atoms with Crippen LogP contribution in [0, 0.1) is 0 Å². The Morgan fingerprint density at radius 3 is 2.57 bits per heavy atom. The molecule has 0 spiro atoms. The second kappa shape index (κ2) is 6.55. The number of carbonyl (C=O) groups excluding carboxylic acids is 1. The van der Waals surface area contributed by atoms with Gasteiger partial charge in [-0.3, -0.25) is 4.79 Å². The Bertz CT molecular complexity index is 610. The van der Waals surface area contributed by atoms with Crippen molar-refractivity contribution in [1.82, 2.24) is 10.6 Å². The van der Waals surface area contributed by atoms with Gasteiger partial charge in [-0.2, -0.15) is 0 Å². The van der Waals surface area contributed by atoms with E-state index in [1.165, 1.54) is 16.7 Å². The van der Waals surface area contributed by atoms with Crippen LogP contribution in [0.4, 0.5) is 0 Å². The van der Waals surface area contributed by atoms with Crippen molar-refractivity contribution < 1.29 is 4.79 Å². The molecule has 1 atom stereocenters. The first-order valence-electron chi connectivity index (χ1n) is 7.45. The molecule has 0 aliphatic carbocycles. The Morgan fingerprint density at radius 1 is 1.05 bits per heavy atom. The predicted octanol–water partition coefficient (Wildman–Crippen LogP) is 2.06. The van der Waals surface area contributed by atoms with Crippen LogP contribution in [-0.4, -0.2) is 18.5 Å². The molecular weight excluding hydrogens is 260 g/mol. The lowest BCUT2D eigenvalue weighted by molar-refractivity contribution is -0.123. The highest BCUT2D eigenvalue weighted by atomic mass is 16.2. The van der Waals surface area contributed by atoms with Crippen molar-refractivity contribution in [2.75, 3.05) is 6.54 Å². The molecule has 2 aromatic carbocycles. The molecule has 0 aromatic heterocycles. The van der Waals surface area contributed by atoms with Gasteiger partial charge in [-0.15, -0.1) is 0 Å². The topological polar surface area (TPSA) is 41.1 Å². The summed E-state index contributed by atoms with van der Waals surface area (Å²) in [7, 11) is 0. The fourth-order valence-electron chi connectivity index (χ4n) is 2.74. The zero-order chi connectivity index (χ0) is 14.5. The Kier molecular flexibility index (Phi) is 4.31. The maximum Gasteiger partial charge on any atom is 0.237 e. The van der Waals surface area contributed by atoms with Crippen LogP contribution in [0.2, 0.25) is 0 Å². The molecule has 3 nitrogen and oxygen atoms in total. The van der Waals surface area contributed by atoms with Crippen LogP contribution in [0.15, 0.2) is 54.6 Å². The fourth-order valence-corrected chi connectivity index (χ4v) is 2.74. The SMILES string of the molecule is O=C(NCCc1ccccc1)[C@H]1Cc2ccccc2CN1. The van der Waals surface area contributed by atoms with Crippen LogP contribution in [0.1, 0.15) is 16.7 Å². The summed E-state index contributed by atoms with van der Waals surface area (Å²) in [6.45, 7) is 1.45. The largest absolute Gasteiger partial charge is 0.354 e. The lowest BCUT2D eigenvalue weighted by Gasteiger charge is -2.25. The smallest absolute Gasteiger partial charge is 0.237 e. The highest BCUT2D eigenvalue weighted by Gasteiger charge is 2.23. The summed E-state index contributed by atoms with van der Waals surface area (Å²) < 4.78 is 0. The van der Waals surface area contributed by atoms with Crippen LogP contribution >= 0.6 is 0 Å². The summed E-state index contributed by atoms with van der Waals surface area (Å²) in [4.78, 5) is 12.2. The Labute approximate surface area is 125 Å². The number of benzene rings is 2. The van der Waals surface area contributed by atoms with Gasteiger partial charge in [0.1, 0.15) is 0 Å². The third kappa shape index (κ3) is 3.50. The average molecular weight is 280 g/mol.